The summed E-state index contributed by atoms with van der Waals surface area (Å²) in [6.07, 6.45) is 1.98. The molecule has 1 fully saturated rings. The summed E-state index contributed by atoms with van der Waals surface area (Å²) in [6.45, 7) is 4.26. The molecule has 0 saturated carbocycles. The van der Waals surface area contributed by atoms with Gasteiger partial charge in [0.05, 0.1) is 16.7 Å². The van der Waals surface area contributed by atoms with Crippen LogP contribution in [0.4, 0.5) is 0 Å². The molecule has 0 spiro atoms. The molecule has 1 N–H and O–H groups in total. The third-order valence-electron chi connectivity index (χ3n) is 4.51. The maximum atomic E-state index is 12.7. The number of carbonyl (C=O) groups is 2. The van der Waals surface area contributed by atoms with Crippen molar-refractivity contribution in [3.05, 3.63) is 29.1 Å². The second-order valence-electron chi connectivity index (χ2n) is 6.44. The van der Waals surface area contributed by atoms with E-state index >= 15 is 0 Å². The highest BCUT2D eigenvalue weighted by molar-refractivity contribution is 7.21. The highest BCUT2D eigenvalue weighted by Gasteiger charge is 2.23. The summed E-state index contributed by atoms with van der Waals surface area (Å²) < 4.78 is 11.4. The van der Waals surface area contributed by atoms with Gasteiger partial charge in [-0.15, -0.1) is 11.3 Å². The zero-order chi connectivity index (χ0) is 18.5. The molecule has 1 aliphatic rings. The Morgan fingerprint density at radius 3 is 3.00 bits per heavy atom. The molecule has 1 aromatic heterocycles. The number of benzene rings is 1. The summed E-state index contributed by atoms with van der Waals surface area (Å²) in [5.41, 5.74) is 0. The van der Waals surface area contributed by atoms with Crippen LogP contribution in [0, 0.1) is 0 Å². The highest BCUT2D eigenvalue weighted by atomic mass is 32.1. The normalized spacial score (nSPS) is 17.8. The van der Waals surface area contributed by atoms with Crippen molar-refractivity contribution in [1.29, 1.82) is 0 Å². The molecular formula is C19H24N2O4S. The summed E-state index contributed by atoms with van der Waals surface area (Å²) in [7, 11) is 1.64. The molecule has 1 aromatic carbocycles. The fourth-order valence-electron chi connectivity index (χ4n) is 3.26. The Morgan fingerprint density at radius 1 is 1.38 bits per heavy atom. The Kier molecular flexibility index (Phi) is 6.11. The zero-order valence-corrected chi connectivity index (χ0v) is 15.9. The number of amides is 1. The molecule has 1 aliphatic heterocycles. The topological polar surface area (TPSA) is 67.9 Å². The van der Waals surface area contributed by atoms with Crippen molar-refractivity contribution in [2.75, 3.05) is 33.4 Å². The number of methoxy groups -OCH3 is 1. The SMILES string of the molecule is COc1cccc2cc(C(=O)N[C@@H]3CCCN(CCOC(C)=O)C3)sc12. The summed E-state index contributed by atoms with van der Waals surface area (Å²) in [6, 6.07) is 7.85. The van der Waals surface area contributed by atoms with Gasteiger partial charge in [0.1, 0.15) is 12.4 Å². The number of rotatable bonds is 6. The zero-order valence-electron chi connectivity index (χ0n) is 15.1. The van der Waals surface area contributed by atoms with Crippen molar-refractivity contribution in [3.8, 4) is 5.75 Å². The highest BCUT2D eigenvalue weighted by Crippen LogP contribution is 2.33. The van der Waals surface area contributed by atoms with E-state index < -0.39 is 0 Å². The Balaban J connectivity index is 1.59. The maximum absolute atomic E-state index is 12.7. The van der Waals surface area contributed by atoms with Gasteiger partial charge in [-0.25, -0.2) is 0 Å². The van der Waals surface area contributed by atoms with E-state index in [2.05, 4.69) is 10.2 Å². The van der Waals surface area contributed by atoms with Gasteiger partial charge in [0, 0.05) is 26.1 Å². The molecule has 0 aliphatic carbocycles. The van der Waals surface area contributed by atoms with E-state index in [4.69, 9.17) is 9.47 Å². The molecule has 140 valence electrons. The quantitative estimate of drug-likeness (QED) is 0.785. The van der Waals surface area contributed by atoms with Gasteiger partial charge in [0.2, 0.25) is 0 Å². The second-order valence-corrected chi connectivity index (χ2v) is 7.49. The molecule has 1 atom stereocenters. The summed E-state index contributed by atoms with van der Waals surface area (Å²) >= 11 is 1.45. The number of fused-ring (bicyclic) bond motifs is 1. The monoisotopic (exact) mass is 376 g/mol. The minimum atomic E-state index is -0.257. The van der Waals surface area contributed by atoms with Crippen LogP contribution >= 0.6 is 11.3 Å². The fourth-order valence-corrected chi connectivity index (χ4v) is 4.31. The van der Waals surface area contributed by atoms with E-state index in [1.165, 1.54) is 18.3 Å². The Bertz CT molecular complexity index is 789. The van der Waals surface area contributed by atoms with Gasteiger partial charge in [-0.2, -0.15) is 0 Å². The molecule has 0 radical (unpaired) electrons. The van der Waals surface area contributed by atoms with Crippen LogP contribution in [0.3, 0.4) is 0 Å². The lowest BCUT2D eigenvalue weighted by atomic mass is 10.1. The van der Waals surface area contributed by atoms with Crippen LogP contribution in [0.25, 0.3) is 10.1 Å². The molecule has 26 heavy (non-hydrogen) atoms. The van der Waals surface area contributed by atoms with E-state index in [9.17, 15) is 9.59 Å². The van der Waals surface area contributed by atoms with E-state index in [0.29, 0.717) is 18.0 Å². The number of hydrogen-bond acceptors (Lipinski definition) is 6. The van der Waals surface area contributed by atoms with Crippen LogP contribution in [-0.2, 0) is 9.53 Å². The van der Waals surface area contributed by atoms with Gasteiger partial charge < -0.3 is 14.8 Å². The lowest BCUT2D eigenvalue weighted by Gasteiger charge is -2.32. The number of likely N-dealkylation sites (tertiary alicyclic amines) is 1. The van der Waals surface area contributed by atoms with Crippen LogP contribution in [0.5, 0.6) is 5.75 Å². The lowest BCUT2D eigenvalue weighted by molar-refractivity contribution is -0.141. The predicted molar refractivity (Wildman–Crippen MR) is 102 cm³/mol. The van der Waals surface area contributed by atoms with Crippen LogP contribution in [0.15, 0.2) is 24.3 Å². The average Bonchev–Trinajstić information content (AvgIpc) is 3.06. The lowest BCUT2D eigenvalue weighted by Crippen LogP contribution is -2.48. The van der Waals surface area contributed by atoms with Crippen molar-refractivity contribution in [1.82, 2.24) is 10.2 Å². The molecule has 1 saturated heterocycles. The standard InChI is InChI=1S/C19H24N2O4S/c1-13(22)25-10-9-21-8-4-6-15(12-21)20-19(23)17-11-14-5-3-7-16(24-2)18(14)26-17/h3,5,7,11,15H,4,6,8-10,12H2,1-2H3,(H,20,23)/t15-/m1/s1. The minimum absolute atomic E-state index is 0.0416. The van der Waals surface area contributed by atoms with Crippen molar-refractivity contribution < 1.29 is 19.1 Å². The first kappa shape index (κ1) is 18.7. The second kappa shape index (κ2) is 8.51. The molecule has 0 unspecified atom stereocenters. The smallest absolute Gasteiger partial charge is 0.302 e. The third kappa shape index (κ3) is 4.53. The van der Waals surface area contributed by atoms with Gasteiger partial charge in [-0.05, 0) is 36.9 Å². The van der Waals surface area contributed by atoms with Crippen molar-refractivity contribution in [2.24, 2.45) is 0 Å². The number of esters is 1. The number of ether oxygens (including phenoxy) is 2. The first-order chi connectivity index (χ1) is 12.6. The average molecular weight is 376 g/mol. The summed E-state index contributed by atoms with van der Waals surface area (Å²) in [4.78, 5) is 26.5. The predicted octanol–water partition coefficient (Wildman–Crippen LogP) is 2.67. The van der Waals surface area contributed by atoms with Gasteiger partial charge in [0.15, 0.2) is 0 Å². The molecule has 1 amide bonds. The summed E-state index contributed by atoms with van der Waals surface area (Å²) in [5, 5.41) is 4.16. The fraction of sp³-hybridized carbons (Fsp3) is 0.474. The van der Waals surface area contributed by atoms with Gasteiger partial charge in [-0.1, -0.05) is 12.1 Å². The first-order valence-electron chi connectivity index (χ1n) is 8.80. The van der Waals surface area contributed by atoms with Crippen LogP contribution in [0.1, 0.15) is 29.4 Å². The molecule has 0 bridgehead atoms. The number of thiophene rings is 1. The molecule has 7 heteroatoms. The van der Waals surface area contributed by atoms with Crippen molar-refractivity contribution in [2.45, 2.75) is 25.8 Å². The number of hydrogen-bond donors (Lipinski definition) is 1. The number of nitrogens with zero attached hydrogens (tertiary/aromatic N) is 1. The van der Waals surface area contributed by atoms with Crippen molar-refractivity contribution >= 4 is 33.3 Å². The number of nitrogens with one attached hydrogen (secondary N) is 1. The van der Waals surface area contributed by atoms with Gasteiger partial charge >= 0.3 is 5.97 Å². The van der Waals surface area contributed by atoms with E-state index in [1.54, 1.807) is 7.11 Å². The molecule has 3 rings (SSSR count). The number of carbonyl (C=O) groups excluding carboxylic acids is 2. The largest absolute Gasteiger partial charge is 0.495 e. The third-order valence-corrected chi connectivity index (χ3v) is 5.67. The van der Waals surface area contributed by atoms with Crippen LogP contribution in [0.2, 0.25) is 0 Å². The van der Waals surface area contributed by atoms with Crippen LogP contribution in [-0.4, -0.2) is 56.2 Å². The maximum Gasteiger partial charge on any atom is 0.302 e. The Hall–Kier alpha value is -2.12. The Labute approximate surface area is 157 Å². The Morgan fingerprint density at radius 2 is 2.23 bits per heavy atom. The number of piperidine rings is 1. The summed E-state index contributed by atoms with van der Waals surface area (Å²) in [5.74, 6) is 0.494. The van der Waals surface area contributed by atoms with E-state index in [-0.39, 0.29) is 17.9 Å². The molecule has 6 nitrogen and oxygen atoms in total. The van der Waals surface area contributed by atoms with E-state index in [0.717, 1.165) is 41.8 Å². The molecular weight excluding hydrogens is 352 g/mol. The van der Waals surface area contributed by atoms with Gasteiger partial charge in [0.25, 0.3) is 5.91 Å². The molecule has 2 heterocycles. The van der Waals surface area contributed by atoms with Crippen molar-refractivity contribution in [3.63, 3.8) is 0 Å². The van der Waals surface area contributed by atoms with Gasteiger partial charge in [-0.3, -0.25) is 14.5 Å². The first-order valence-corrected chi connectivity index (χ1v) is 9.61. The van der Waals surface area contributed by atoms with E-state index in [1.807, 2.05) is 24.3 Å². The molecule has 2 aromatic rings. The minimum Gasteiger partial charge on any atom is -0.495 e. The van der Waals surface area contributed by atoms with Crippen LogP contribution < -0.4 is 10.1 Å².